The number of H-pyrrole nitrogens is 1. The first-order chi connectivity index (χ1) is 10.0. The van der Waals surface area contributed by atoms with Gasteiger partial charge >= 0.3 is 0 Å². The Labute approximate surface area is 121 Å². The molecule has 0 aliphatic heterocycles. The number of rotatable bonds is 5. The highest BCUT2D eigenvalue weighted by Gasteiger charge is 2.19. The monoisotopic (exact) mass is 289 g/mol. The Morgan fingerprint density at radius 3 is 2.86 bits per heavy atom. The highest BCUT2D eigenvalue weighted by atomic mass is 16.6. The van der Waals surface area contributed by atoms with E-state index >= 15 is 0 Å². The van der Waals surface area contributed by atoms with Gasteiger partial charge in [0.15, 0.2) is 0 Å². The number of hydrogen-bond acceptors (Lipinski definition) is 5. The summed E-state index contributed by atoms with van der Waals surface area (Å²) in [6.07, 6.45) is 3.26. The summed E-state index contributed by atoms with van der Waals surface area (Å²) in [5.74, 6) is 0.321. The summed E-state index contributed by atoms with van der Waals surface area (Å²) in [6, 6.07) is 4.15. The van der Waals surface area contributed by atoms with Gasteiger partial charge in [0, 0.05) is 44.3 Å². The molecule has 1 amide bonds. The van der Waals surface area contributed by atoms with Crippen molar-refractivity contribution >= 4 is 17.3 Å². The Bertz CT molecular complexity index is 654. The largest absolute Gasteiger partial charge is 0.387 e. The van der Waals surface area contributed by atoms with Gasteiger partial charge < -0.3 is 15.2 Å². The second-order valence-corrected chi connectivity index (χ2v) is 4.43. The number of carbonyl (C=O) groups is 1. The molecule has 0 fully saturated rings. The second-order valence-electron chi connectivity index (χ2n) is 4.43. The van der Waals surface area contributed by atoms with Crippen LogP contribution in [0.5, 0.6) is 0 Å². The van der Waals surface area contributed by atoms with Crippen LogP contribution in [0.1, 0.15) is 16.2 Å². The molecule has 8 nitrogen and oxygen atoms in total. The summed E-state index contributed by atoms with van der Waals surface area (Å²) in [5.41, 5.74) is 0.668. The maximum absolute atomic E-state index is 12.4. The highest BCUT2D eigenvalue weighted by Crippen LogP contribution is 2.23. The van der Waals surface area contributed by atoms with Crippen LogP contribution in [0.15, 0.2) is 30.6 Å². The van der Waals surface area contributed by atoms with Crippen LogP contribution in [-0.4, -0.2) is 39.8 Å². The average Bonchev–Trinajstić information content (AvgIpc) is 2.98. The number of non-ortho nitro benzene ring substituents is 1. The van der Waals surface area contributed by atoms with E-state index in [0.717, 1.165) is 0 Å². The summed E-state index contributed by atoms with van der Waals surface area (Å²) < 4.78 is 0. The zero-order chi connectivity index (χ0) is 15.4. The molecule has 1 aromatic carbocycles. The number of amides is 1. The fourth-order valence-corrected chi connectivity index (χ4v) is 1.93. The normalized spacial score (nSPS) is 10.2. The molecule has 0 bridgehead atoms. The van der Waals surface area contributed by atoms with Gasteiger partial charge in [0.05, 0.1) is 17.0 Å². The Kier molecular flexibility index (Phi) is 4.17. The molecule has 8 heteroatoms. The molecule has 0 unspecified atom stereocenters. The first-order valence-electron chi connectivity index (χ1n) is 6.23. The van der Waals surface area contributed by atoms with Gasteiger partial charge in [0.2, 0.25) is 0 Å². The van der Waals surface area contributed by atoms with E-state index in [0.29, 0.717) is 11.5 Å². The van der Waals surface area contributed by atoms with Crippen molar-refractivity contribution in [1.29, 1.82) is 0 Å². The van der Waals surface area contributed by atoms with Crippen molar-refractivity contribution in [2.24, 2.45) is 0 Å². The molecule has 2 aromatic rings. The number of benzene rings is 1. The maximum Gasteiger partial charge on any atom is 0.270 e. The number of nitro groups is 1. The van der Waals surface area contributed by atoms with Crippen molar-refractivity contribution in [3.63, 3.8) is 0 Å². The molecule has 0 aliphatic rings. The van der Waals surface area contributed by atoms with E-state index in [4.69, 9.17) is 0 Å². The zero-order valence-electron chi connectivity index (χ0n) is 11.7. The van der Waals surface area contributed by atoms with Gasteiger partial charge in [-0.3, -0.25) is 14.9 Å². The number of nitrogens with one attached hydrogen (secondary N) is 2. The molecule has 110 valence electrons. The molecular weight excluding hydrogens is 274 g/mol. The first kappa shape index (κ1) is 14.5. The molecule has 0 saturated carbocycles. The highest BCUT2D eigenvalue weighted by molar-refractivity contribution is 6.00. The van der Waals surface area contributed by atoms with Crippen LogP contribution >= 0.6 is 0 Å². The first-order valence-corrected chi connectivity index (χ1v) is 6.23. The molecule has 1 aromatic heterocycles. The summed E-state index contributed by atoms with van der Waals surface area (Å²) in [4.78, 5) is 31.2. The zero-order valence-corrected chi connectivity index (χ0v) is 11.7. The number of nitro benzene ring substituents is 1. The van der Waals surface area contributed by atoms with E-state index in [2.05, 4.69) is 15.3 Å². The SMILES string of the molecule is CNc1ccc([N+](=O)[O-])cc1C(=O)N(C)Cc1ncc[nH]1. The maximum atomic E-state index is 12.4. The fraction of sp³-hybridized carbons (Fsp3) is 0.231. The third kappa shape index (κ3) is 3.16. The summed E-state index contributed by atoms with van der Waals surface area (Å²) >= 11 is 0. The van der Waals surface area contributed by atoms with Gasteiger partial charge in [0.1, 0.15) is 5.82 Å². The molecular formula is C13H15N5O3. The van der Waals surface area contributed by atoms with E-state index in [9.17, 15) is 14.9 Å². The van der Waals surface area contributed by atoms with Crippen molar-refractivity contribution in [2.75, 3.05) is 19.4 Å². The number of nitrogens with zero attached hydrogens (tertiary/aromatic N) is 3. The van der Waals surface area contributed by atoms with Crippen molar-refractivity contribution in [2.45, 2.75) is 6.54 Å². The van der Waals surface area contributed by atoms with E-state index in [1.165, 1.54) is 23.1 Å². The molecule has 0 saturated heterocycles. The van der Waals surface area contributed by atoms with Crippen LogP contribution < -0.4 is 5.32 Å². The number of aromatic nitrogens is 2. The smallest absolute Gasteiger partial charge is 0.270 e. The number of imidazole rings is 1. The van der Waals surface area contributed by atoms with E-state index in [1.54, 1.807) is 26.5 Å². The van der Waals surface area contributed by atoms with E-state index < -0.39 is 4.92 Å². The molecule has 1 heterocycles. The lowest BCUT2D eigenvalue weighted by Crippen LogP contribution is -2.27. The van der Waals surface area contributed by atoms with Crippen LogP contribution in [0.25, 0.3) is 0 Å². The minimum absolute atomic E-state index is 0.122. The summed E-state index contributed by atoms with van der Waals surface area (Å²) in [5, 5.41) is 13.7. The lowest BCUT2D eigenvalue weighted by molar-refractivity contribution is -0.384. The van der Waals surface area contributed by atoms with Crippen molar-refractivity contribution in [1.82, 2.24) is 14.9 Å². The van der Waals surface area contributed by atoms with Crippen LogP contribution in [0.4, 0.5) is 11.4 Å². The van der Waals surface area contributed by atoms with Gasteiger partial charge in [-0.1, -0.05) is 0 Å². The third-order valence-corrected chi connectivity index (χ3v) is 3.00. The Balaban J connectivity index is 2.28. The molecule has 0 atom stereocenters. The molecule has 0 spiro atoms. The Morgan fingerprint density at radius 2 is 2.29 bits per heavy atom. The minimum Gasteiger partial charge on any atom is -0.387 e. The number of hydrogen-bond donors (Lipinski definition) is 2. The van der Waals surface area contributed by atoms with Crippen LogP contribution in [0.2, 0.25) is 0 Å². The van der Waals surface area contributed by atoms with Crippen LogP contribution in [0, 0.1) is 10.1 Å². The topological polar surface area (TPSA) is 104 Å². The lowest BCUT2D eigenvalue weighted by Gasteiger charge is -2.17. The predicted molar refractivity (Wildman–Crippen MR) is 77.0 cm³/mol. The standard InChI is InChI=1S/C13H15N5O3/c1-14-11-4-3-9(18(20)21)7-10(11)13(19)17(2)8-12-15-5-6-16-12/h3-7,14H,8H2,1-2H3,(H,15,16). The van der Waals surface area contributed by atoms with Gasteiger partial charge in [-0.25, -0.2) is 4.98 Å². The predicted octanol–water partition coefficient (Wildman–Crippen LogP) is 1.63. The number of anilines is 1. The molecule has 0 radical (unpaired) electrons. The Morgan fingerprint density at radius 1 is 1.52 bits per heavy atom. The molecule has 2 rings (SSSR count). The fourth-order valence-electron chi connectivity index (χ4n) is 1.93. The molecule has 21 heavy (non-hydrogen) atoms. The average molecular weight is 289 g/mol. The number of carbonyl (C=O) groups excluding carboxylic acids is 1. The van der Waals surface area contributed by atoms with E-state index in [1.807, 2.05) is 0 Å². The van der Waals surface area contributed by atoms with Gasteiger partial charge in [0.25, 0.3) is 11.6 Å². The quantitative estimate of drug-likeness (QED) is 0.643. The lowest BCUT2D eigenvalue weighted by atomic mass is 10.1. The van der Waals surface area contributed by atoms with Gasteiger partial charge in [-0.15, -0.1) is 0 Å². The Hall–Kier alpha value is -2.90. The van der Waals surface area contributed by atoms with Crippen molar-refractivity contribution in [3.8, 4) is 0 Å². The summed E-state index contributed by atoms with van der Waals surface area (Å²) in [7, 11) is 3.27. The second kappa shape index (κ2) is 6.04. The molecule has 2 N–H and O–H groups in total. The van der Waals surface area contributed by atoms with E-state index in [-0.39, 0.29) is 23.7 Å². The van der Waals surface area contributed by atoms with Gasteiger partial charge in [-0.2, -0.15) is 0 Å². The van der Waals surface area contributed by atoms with Crippen molar-refractivity contribution < 1.29 is 9.72 Å². The summed E-state index contributed by atoms with van der Waals surface area (Å²) in [6.45, 7) is 0.289. The van der Waals surface area contributed by atoms with Crippen LogP contribution in [0.3, 0.4) is 0 Å². The minimum atomic E-state index is -0.525. The van der Waals surface area contributed by atoms with Crippen molar-refractivity contribution in [3.05, 3.63) is 52.1 Å². The van der Waals surface area contributed by atoms with Gasteiger partial charge in [-0.05, 0) is 6.07 Å². The molecule has 0 aliphatic carbocycles. The third-order valence-electron chi connectivity index (χ3n) is 3.00. The number of aromatic amines is 1. The van der Waals surface area contributed by atoms with Crippen LogP contribution in [-0.2, 0) is 6.54 Å².